The van der Waals surface area contributed by atoms with Gasteiger partial charge in [-0.05, 0) is 0 Å². The number of epoxide rings is 1. The molecule has 0 amide bonds. The van der Waals surface area contributed by atoms with Crippen LogP contribution in [0.5, 0.6) is 5.06 Å². The van der Waals surface area contributed by atoms with Crippen LogP contribution in [0.2, 0.25) is 0 Å². The second kappa shape index (κ2) is 2.79. The van der Waals surface area contributed by atoms with Gasteiger partial charge in [0.05, 0.1) is 6.61 Å². The van der Waals surface area contributed by atoms with E-state index in [-0.39, 0.29) is 11.9 Å². The molecule has 1 aromatic heterocycles. The largest absolute Gasteiger partial charge is 0.481 e. The smallest absolute Gasteiger partial charge is 0.176 e. The molecule has 2 rings (SSSR count). The van der Waals surface area contributed by atoms with Crippen LogP contribution in [0.1, 0.15) is 0 Å². The van der Waals surface area contributed by atoms with E-state index in [1.165, 1.54) is 22.8 Å². The van der Waals surface area contributed by atoms with Gasteiger partial charge in [-0.15, -0.1) is 11.3 Å². The molecular formula is C7H7FO2S. The Morgan fingerprint density at radius 1 is 1.82 bits per heavy atom. The highest BCUT2D eigenvalue weighted by Gasteiger charge is 2.23. The zero-order valence-corrected chi connectivity index (χ0v) is 6.57. The summed E-state index contributed by atoms with van der Waals surface area (Å²) in [6.45, 7) is 1.31. The molecule has 1 saturated heterocycles. The molecule has 0 radical (unpaired) electrons. The van der Waals surface area contributed by atoms with Crippen molar-refractivity contribution in [1.29, 1.82) is 0 Å². The summed E-state index contributed by atoms with van der Waals surface area (Å²) >= 11 is 1.27. The Kier molecular flexibility index (Phi) is 1.79. The van der Waals surface area contributed by atoms with Gasteiger partial charge in [-0.25, -0.2) is 4.39 Å². The van der Waals surface area contributed by atoms with Crippen molar-refractivity contribution in [3.63, 3.8) is 0 Å². The lowest BCUT2D eigenvalue weighted by molar-refractivity contribution is 0.268. The van der Waals surface area contributed by atoms with E-state index in [0.29, 0.717) is 11.7 Å². The van der Waals surface area contributed by atoms with Gasteiger partial charge < -0.3 is 9.47 Å². The van der Waals surface area contributed by atoms with E-state index in [1.807, 2.05) is 0 Å². The van der Waals surface area contributed by atoms with E-state index >= 15 is 0 Å². The summed E-state index contributed by atoms with van der Waals surface area (Å²) in [4.78, 5) is 0. The van der Waals surface area contributed by atoms with Crippen molar-refractivity contribution in [3.8, 4) is 5.06 Å². The zero-order chi connectivity index (χ0) is 7.68. The molecule has 11 heavy (non-hydrogen) atoms. The van der Waals surface area contributed by atoms with E-state index in [4.69, 9.17) is 9.47 Å². The SMILES string of the molecule is Fc1csc(OCC2CO2)c1. The summed E-state index contributed by atoms with van der Waals surface area (Å²) in [5.74, 6) is -0.235. The third-order valence-corrected chi connectivity index (χ3v) is 2.17. The average molecular weight is 174 g/mol. The van der Waals surface area contributed by atoms with Gasteiger partial charge in [0, 0.05) is 11.4 Å². The first-order valence-electron chi connectivity index (χ1n) is 3.33. The normalized spacial score (nSPS) is 21.7. The first-order chi connectivity index (χ1) is 5.34. The maximum atomic E-state index is 12.4. The van der Waals surface area contributed by atoms with Crippen LogP contribution >= 0.6 is 11.3 Å². The van der Waals surface area contributed by atoms with Crippen molar-refractivity contribution in [1.82, 2.24) is 0 Å². The van der Waals surface area contributed by atoms with E-state index in [0.717, 1.165) is 6.61 Å². The topological polar surface area (TPSA) is 21.8 Å². The molecule has 0 saturated carbocycles. The van der Waals surface area contributed by atoms with Crippen LogP contribution in [0, 0.1) is 5.82 Å². The molecule has 0 bridgehead atoms. The molecule has 2 heterocycles. The summed E-state index contributed by atoms with van der Waals surface area (Å²) in [6.07, 6.45) is 0.236. The second-order valence-corrected chi connectivity index (χ2v) is 3.22. The van der Waals surface area contributed by atoms with Gasteiger partial charge in [0.1, 0.15) is 18.5 Å². The molecule has 2 nitrogen and oxygen atoms in total. The quantitative estimate of drug-likeness (QED) is 0.650. The molecule has 0 spiro atoms. The van der Waals surface area contributed by atoms with Crippen LogP contribution < -0.4 is 4.74 Å². The maximum Gasteiger partial charge on any atom is 0.176 e. The molecule has 1 aliphatic rings. The summed E-state index contributed by atoms with van der Waals surface area (Å²) in [5.41, 5.74) is 0. The fourth-order valence-corrected chi connectivity index (χ4v) is 1.32. The molecule has 1 atom stereocenters. The summed E-state index contributed by atoms with van der Waals surface area (Å²) in [6, 6.07) is 1.38. The lowest BCUT2D eigenvalue weighted by Gasteiger charge is -1.97. The molecule has 0 aliphatic carbocycles. The first kappa shape index (κ1) is 7.06. The maximum absolute atomic E-state index is 12.4. The first-order valence-corrected chi connectivity index (χ1v) is 4.21. The molecule has 0 N–H and O–H groups in total. The minimum absolute atomic E-state index is 0.235. The second-order valence-electron chi connectivity index (χ2n) is 2.35. The van der Waals surface area contributed by atoms with Crippen molar-refractivity contribution >= 4 is 11.3 Å². The highest BCUT2D eigenvalue weighted by Crippen LogP contribution is 2.23. The van der Waals surface area contributed by atoms with Crippen molar-refractivity contribution in [2.45, 2.75) is 6.10 Å². The van der Waals surface area contributed by atoms with Crippen LogP contribution in [0.3, 0.4) is 0 Å². The fraction of sp³-hybridized carbons (Fsp3) is 0.429. The molecule has 1 unspecified atom stereocenters. The van der Waals surface area contributed by atoms with Crippen LogP contribution in [-0.4, -0.2) is 19.3 Å². The van der Waals surface area contributed by atoms with Crippen LogP contribution in [0.25, 0.3) is 0 Å². The van der Waals surface area contributed by atoms with E-state index in [1.54, 1.807) is 0 Å². The number of halogens is 1. The number of hydrogen-bond donors (Lipinski definition) is 0. The minimum Gasteiger partial charge on any atom is -0.481 e. The van der Waals surface area contributed by atoms with Crippen molar-refractivity contribution in [2.24, 2.45) is 0 Å². The van der Waals surface area contributed by atoms with Crippen LogP contribution in [-0.2, 0) is 4.74 Å². The lowest BCUT2D eigenvalue weighted by Crippen LogP contribution is -2.02. The summed E-state index contributed by atoms with van der Waals surface area (Å²) in [5, 5.41) is 2.04. The molecule has 1 aliphatic heterocycles. The Morgan fingerprint density at radius 2 is 2.64 bits per heavy atom. The van der Waals surface area contributed by atoms with Crippen molar-refractivity contribution in [2.75, 3.05) is 13.2 Å². The van der Waals surface area contributed by atoms with Crippen molar-refractivity contribution in [3.05, 3.63) is 17.3 Å². The van der Waals surface area contributed by atoms with E-state index in [9.17, 15) is 4.39 Å². The predicted molar refractivity (Wildman–Crippen MR) is 39.5 cm³/mol. The van der Waals surface area contributed by atoms with Crippen LogP contribution in [0.4, 0.5) is 4.39 Å². The van der Waals surface area contributed by atoms with E-state index < -0.39 is 0 Å². The van der Waals surface area contributed by atoms with E-state index in [2.05, 4.69) is 0 Å². The highest BCUT2D eigenvalue weighted by molar-refractivity contribution is 7.11. The Balaban J connectivity index is 1.85. The Bertz CT molecular complexity index is 244. The van der Waals surface area contributed by atoms with Gasteiger partial charge in [-0.3, -0.25) is 0 Å². The number of rotatable bonds is 3. The molecule has 1 aromatic rings. The van der Waals surface area contributed by atoms with Gasteiger partial charge in [0.2, 0.25) is 0 Å². The van der Waals surface area contributed by atoms with Crippen LogP contribution in [0.15, 0.2) is 11.4 Å². The summed E-state index contributed by atoms with van der Waals surface area (Å²) in [7, 11) is 0. The predicted octanol–water partition coefficient (Wildman–Crippen LogP) is 1.66. The third kappa shape index (κ3) is 1.91. The molecule has 60 valence electrons. The van der Waals surface area contributed by atoms with Gasteiger partial charge >= 0.3 is 0 Å². The average Bonchev–Trinajstić information content (AvgIpc) is 2.72. The zero-order valence-electron chi connectivity index (χ0n) is 5.75. The molecule has 0 aromatic carbocycles. The molecule has 1 fully saturated rings. The molecular weight excluding hydrogens is 167 g/mol. The monoisotopic (exact) mass is 174 g/mol. The third-order valence-electron chi connectivity index (χ3n) is 1.36. The Labute approximate surface area is 67.6 Å². The molecule has 4 heteroatoms. The number of thiophene rings is 1. The van der Waals surface area contributed by atoms with Gasteiger partial charge in [0.15, 0.2) is 5.06 Å². The lowest BCUT2D eigenvalue weighted by atomic mass is 10.5. The van der Waals surface area contributed by atoms with Crippen molar-refractivity contribution < 1.29 is 13.9 Å². The number of hydrogen-bond acceptors (Lipinski definition) is 3. The Morgan fingerprint density at radius 3 is 3.18 bits per heavy atom. The van der Waals surface area contributed by atoms with Gasteiger partial charge in [-0.2, -0.15) is 0 Å². The number of ether oxygens (including phenoxy) is 2. The summed E-state index contributed by atoms with van der Waals surface area (Å²) < 4.78 is 22.5. The standard InChI is InChI=1S/C7H7FO2S/c8-5-1-7(11-4-5)10-3-6-2-9-6/h1,4,6H,2-3H2. The van der Waals surface area contributed by atoms with Gasteiger partial charge in [0.25, 0.3) is 0 Å². The Hall–Kier alpha value is -0.610. The fourth-order valence-electron chi connectivity index (χ4n) is 0.710. The highest BCUT2D eigenvalue weighted by atomic mass is 32.1. The minimum atomic E-state index is -0.235. The van der Waals surface area contributed by atoms with Gasteiger partial charge in [-0.1, -0.05) is 0 Å².